The Kier molecular flexibility index (Phi) is 4.39. The summed E-state index contributed by atoms with van der Waals surface area (Å²) in [7, 11) is 0. The van der Waals surface area contributed by atoms with Crippen molar-refractivity contribution in [3.05, 3.63) is 59.1 Å². The van der Waals surface area contributed by atoms with Gasteiger partial charge in [0.15, 0.2) is 0 Å². The number of likely N-dealkylation sites (tertiary alicyclic amines) is 1. The van der Waals surface area contributed by atoms with Crippen LogP contribution in [0.25, 0.3) is 11.1 Å². The molecule has 0 N–H and O–H groups in total. The zero-order valence-corrected chi connectivity index (χ0v) is 12.4. The third-order valence-corrected chi connectivity index (χ3v) is 4.27. The van der Waals surface area contributed by atoms with Gasteiger partial charge in [0.1, 0.15) is 0 Å². The van der Waals surface area contributed by atoms with E-state index < -0.39 is 0 Å². The van der Waals surface area contributed by atoms with Gasteiger partial charge in [0.25, 0.3) is 0 Å². The fourth-order valence-electron chi connectivity index (χ4n) is 2.93. The van der Waals surface area contributed by atoms with E-state index in [0.29, 0.717) is 0 Å². The monoisotopic (exact) mass is 285 g/mol. The van der Waals surface area contributed by atoms with Crippen LogP contribution < -0.4 is 0 Å². The molecular weight excluding hydrogens is 266 g/mol. The molecule has 0 aliphatic carbocycles. The Morgan fingerprint density at radius 3 is 2.30 bits per heavy atom. The van der Waals surface area contributed by atoms with E-state index in [1.807, 2.05) is 12.1 Å². The molecule has 1 heterocycles. The molecule has 0 spiro atoms. The molecule has 0 unspecified atom stereocenters. The predicted octanol–water partition coefficient (Wildman–Crippen LogP) is 4.99. The molecular formula is C18H20ClN. The average molecular weight is 286 g/mol. The number of halogens is 1. The summed E-state index contributed by atoms with van der Waals surface area (Å²) in [4.78, 5) is 2.57. The van der Waals surface area contributed by atoms with E-state index in [2.05, 4.69) is 41.3 Å². The number of rotatable bonds is 3. The zero-order chi connectivity index (χ0) is 13.8. The molecule has 1 fully saturated rings. The topological polar surface area (TPSA) is 3.24 Å². The largest absolute Gasteiger partial charge is 0.299 e. The maximum absolute atomic E-state index is 5.99. The summed E-state index contributed by atoms with van der Waals surface area (Å²) in [6.07, 6.45) is 4.06. The first-order valence-electron chi connectivity index (χ1n) is 7.39. The standard InChI is InChI=1S/C18H20ClN/c19-17-10-8-15(9-11-17)18-7-3-2-6-16(18)14-20-12-4-1-5-13-20/h2-3,6-11H,1,4-5,12-14H2. The van der Waals surface area contributed by atoms with Gasteiger partial charge in [-0.15, -0.1) is 0 Å². The van der Waals surface area contributed by atoms with E-state index in [0.717, 1.165) is 11.6 Å². The normalized spacial score (nSPS) is 16.2. The molecule has 0 radical (unpaired) electrons. The Hall–Kier alpha value is -1.31. The van der Waals surface area contributed by atoms with Crippen LogP contribution in [0, 0.1) is 0 Å². The highest BCUT2D eigenvalue weighted by atomic mass is 35.5. The fraction of sp³-hybridized carbons (Fsp3) is 0.333. The molecule has 104 valence electrons. The van der Waals surface area contributed by atoms with Gasteiger partial charge in [-0.05, 0) is 54.8 Å². The summed E-state index contributed by atoms with van der Waals surface area (Å²) in [5.74, 6) is 0. The van der Waals surface area contributed by atoms with Gasteiger partial charge < -0.3 is 0 Å². The van der Waals surface area contributed by atoms with E-state index >= 15 is 0 Å². The number of benzene rings is 2. The van der Waals surface area contributed by atoms with Crippen molar-refractivity contribution in [2.45, 2.75) is 25.8 Å². The van der Waals surface area contributed by atoms with Crippen molar-refractivity contribution in [3.8, 4) is 11.1 Å². The molecule has 3 rings (SSSR count). The maximum atomic E-state index is 5.99. The van der Waals surface area contributed by atoms with E-state index in [4.69, 9.17) is 11.6 Å². The second-order valence-corrected chi connectivity index (χ2v) is 5.94. The van der Waals surface area contributed by atoms with Gasteiger partial charge in [-0.1, -0.05) is 54.4 Å². The molecule has 20 heavy (non-hydrogen) atoms. The van der Waals surface area contributed by atoms with Crippen molar-refractivity contribution in [3.63, 3.8) is 0 Å². The predicted molar refractivity (Wildman–Crippen MR) is 86.0 cm³/mol. The zero-order valence-electron chi connectivity index (χ0n) is 11.7. The fourth-order valence-corrected chi connectivity index (χ4v) is 3.05. The molecule has 1 aliphatic rings. The molecule has 2 heteroatoms. The lowest BCUT2D eigenvalue weighted by atomic mass is 9.99. The molecule has 2 aromatic carbocycles. The Labute approximate surface area is 126 Å². The van der Waals surface area contributed by atoms with Crippen molar-refractivity contribution in [1.29, 1.82) is 0 Å². The molecule has 0 aromatic heterocycles. The van der Waals surface area contributed by atoms with Gasteiger partial charge in [0, 0.05) is 11.6 Å². The van der Waals surface area contributed by atoms with Crippen LogP contribution in [0.15, 0.2) is 48.5 Å². The van der Waals surface area contributed by atoms with Gasteiger partial charge >= 0.3 is 0 Å². The quantitative estimate of drug-likeness (QED) is 0.768. The van der Waals surface area contributed by atoms with Gasteiger partial charge in [0.05, 0.1) is 0 Å². The third kappa shape index (κ3) is 3.23. The van der Waals surface area contributed by atoms with Gasteiger partial charge in [0.2, 0.25) is 0 Å². The first kappa shape index (κ1) is 13.7. The smallest absolute Gasteiger partial charge is 0.0406 e. The van der Waals surface area contributed by atoms with Crippen LogP contribution in [-0.2, 0) is 6.54 Å². The molecule has 1 saturated heterocycles. The van der Waals surface area contributed by atoms with Crippen molar-refractivity contribution < 1.29 is 0 Å². The average Bonchev–Trinajstić information content (AvgIpc) is 2.50. The minimum atomic E-state index is 0.794. The third-order valence-electron chi connectivity index (χ3n) is 4.02. The molecule has 2 aromatic rings. The Morgan fingerprint density at radius 2 is 1.55 bits per heavy atom. The highest BCUT2D eigenvalue weighted by molar-refractivity contribution is 6.30. The van der Waals surface area contributed by atoms with Crippen molar-refractivity contribution >= 4 is 11.6 Å². The summed E-state index contributed by atoms with van der Waals surface area (Å²) >= 11 is 5.99. The first-order valence-corrected chi connectivity index (χ1v) is 7.77. The summed E-state index contributed by atoms with van der Waals surface area (Å²) in [5.41, 5.74) is 3.99. The Balaban J connectivity index is 1.85. The second-order valence-electron chi connectivity index (χ2n) is 5.50. The van der Waals surface area contributed by atoms with Crippen LogP contribution in [-0.4, -0.2) is 18.0 Å². The maximum Gasteiger partial charge on any atom is 0.0406 e. The molecule has 0 bridgehead atoms. The summed E-state index contributed by atoms with van der Waals surface area (Å²) in [6.45, 7) is 3.52. The highest BCUT2D eigenvalue weighted by Crippen LogP contribution is 2.26. The van der Waals surface area contributed by atoms with E-state index in [9.17, 15) is 0 Å². The van der Waals surface area contributed by atoms with Crippen LogP contribution in [0.2, 0.25) is 5.02 Å². The molecule has 0 saturated carbocycles. The van der Waals surface area contributed by atoms with Crippen LogP contribution in [0.5, 0.6) is 0 Å². The summed E-state index contributed by atoms with van der Waals surface area (Å²) in [6, 6.07) is 16.9. The van der Waals surface area contributed by atoms with Crippen molar-refractivity contribution in [1.82, 2.24) is 4.90 Å². The number of hydrogen-bond donors (Lipinski definition) is 0. The van der Waals surface area contributed by atoms with E-state index in [-0.39, 0.29) is 0 Å². The summed E-state index contributed by atoms with van der Waals surface area (Å²) in [5, 5.41) is 0.794. The molecule has 1 nitrogen and oxygen atoms in total. The van der Waals surface area contributed by atoms with Crippen LogP contribution in [0.4, 0.5) is 0 Å². The SMILES string of the molecule is Clc1ccc(-c2ccccc2CN2CCCCC2)cc1. The van der Waals surface area contributed by atoms with Gasteiger partial charge in [-0.25, -0.2) is 0 Å². The van der Waals surface area contributed by atoms with Crippen LogP contribution in [0.3, 0.4) is 0 Å². The lowest BCUT2D eigenvalue weighted by Crippen LogP contribution is -2.29. The van der Waals surface area contributed by atoms with E-state index in [1.54, 1.807) is 0 Å². The number of piperidine rings is 1. The molecule has 0 atom stereocenters. The first-order chi connectivity index (χ1) is 9.83. The number of hydrogen-bond acceptors (Lipinski definition) is 1. The lowest BCUT2D eigenvalue weighted by molar-refractivity contribution is 0.221. The van der Waals surface area contributed by atoms with Crippen molar-refractivity contribution in [2.75, 3.05) is 13.1 Å². The van der Waals surface area contributed by atoms with E-state index in [1.165, 1.54) is 49.0 Å². The molecule has 0 amide bonds. The second kappa shape index (κ2) is 6.43. The minimum Gasteiger partial charge on any atom is -0.299 e. The minimum absolute atomic E-state index is 0.794. The Bertz CT molecular complexity index is 556. The lowest BCUT2D eigenvalue weighted by Gasteiger charge is -2.27. The van der Waals surface area contributed by atoms with Gasteiger partial charge in [-0.2, -0.15) is 0 Å². The highest BCUT2D eigenvalue weighted by Gasteiger charge is 2.12. The van der Waals surface area contributed by atoms with Gasteiger partial charge in [-0.3, -0.25) is 4.90 Å². The Morgan fingerprint density at radius 1 is 0.850 bits per heavy atom. The molecule has 1 aliphatic heterocycles. The number of nitrogens with zero attached hydrogens (tertiary/aromatic N) is 1. The van der Waals surface area contributed by atoms with Crippen molar-refractivity contribution in [2.24, 2.45) is 0 Å². The van der Waals surface area contributed by atoms with Crippen LogP contribution >= 0.6 is 11.6 Å². The summed E-state index contributed by atoms with van der Waals surface area (Å²) < 4.78 is 0. The van der Waals surface area contributed by atoms with Crippen LogP contribution in [0.1, 0.15) is 24.8 Å².